The third-order valence-corrected chi connectivity index (χ3v) is 13.6. The molecule has 0 saturated carbocycles. The van der Waals surface area contributed by atoms with Crippen molar-refractivity contribution in [2.24, 2.45) is 0 Å². The van der Waals surface area contributed by atoms with Gasteiger partial charge in [0, 0.05) is 49.9 Å². The highest BCUT2D eigenvalue weighted by molar-refractivity contribution is 6.11. The molecule has 3 nitrogen and oxygen atoms in total. The van der Waals surface area contributed by atoms with Crippen LogP contribution in [0.25, 0.3) is 105 Å². The number of furan rings is 1. The van der Waals surface area contributed by atoms with E-state index in [2.05, 4.69) is 264 Å². The minimum Gasteiger partial charge on any atom is -0.455 e. The van der Waals surface area contributed by atoms with Gasteiger partial charge in [0.05, 0.1) is 11.0 Å². The Labute approximate surface area is 401 Å². The van der Waals surface area contributed by atoms with Gasteiger partial charge in [0.15, 0.2) is 0 Å². The molecule has 0 aliphatic rings. The lowest BCUT2D eigenvalue weighted by Crippen LogP contribution is -2.10. The summed E-state index contributed by atoms with van der Waals surface area (Å²) in [5.74, 6) is 0. The van der Waals surface area contributed by atoms with E-state index in [4.69, 9.17) is 4.42 Å². The van der Waals surface area contributed by atoms with Gasteiger partial charge in [-0.3, -0.25) is 0 Å². The molecule has 324 valence electrons. The van der Waals surface area contributed by atoms with E-state index < -0.39 is 0 Å². The van der Waals surface area contributed by atoms with Crippen LogP contribution in [-0.4, -0.2) is 4.57 Å². The zero-order chi connectivity index (χ0) is 45.7. The fourth-order valence-corrected chi connectivity index (χ4v) is 10.5. The molecule has 13 rings (SSSR count). The van der Waals surface area contributed by atoms with Crippen LogP contribution in [0.1, 0.15) is 0 Å². The second kappa shape index (κ2) is 16.9. The topological polar surface area (TPSA) is 21.3 Å². The van der Waals surface area contributed by atoms with Gasteiger partial charge in [-0.25, -0.2) is 0 Å². The molecule has 3 heteroatoms. The average Bonchev–Trinajstić information content (AvgIpc) is 3.98. The van der Waals surface area contributed by atoms with Crippen molar-refractivity contribution in [3.05, 3.63) is 267 Å². The molecule has 11 aromatic carbocycles. The number of nitrogens with zero attached hydrogens (tertiary/aromatic N) is 2. The third-order valence-electron chi connectivity index (χ3n) is 13.6. The van der Waals surface area contributed by atoms with Crippen molar-refractivity contribution in [2.45, 2.75) is 0 Å². The number of rotatable bonds is 9. The van der Waals surface area contributed by atoms with Crippen LogP contribution < -0.4 is 4.90 Å². The van der Waals surface area contributed by atoms with E-state index in [1.807, 2.05) is 12.1 Å². The predicted molar refractivity (Wildman–Crippen MR) is 290 cm³/mol. The van der Waals surface area contributed by atoms with Crippen LogP contribution >= 0.6 is 0 Å². The van der Waals surface area contributed by atoms with E-state index in [1.165, 1.54) is 60.8 Å². The van der Waals surface area contributed by atoms with Crippen LogP contribution in [0.2, 0.25) is 0 Å². The molecular weight excluding hydrogens is 837 g/mol. The third kappa shape index (κ3) is 6.99. The number of benzene rings is 11. The molecule has 0 bridgehead atoms. The molecule has 0 amide bonds. The van der Waals surface area contributed by atoms with Crippen molar-refractivity contribution in [3.63, 3.8) is 0 Å². The Kier molecular flexibility index (Phi) is 9.84. The zero-order valence-corrected chi connectivity index (χ0v) is 37.7. The fourth-order valence-electron chi connectivity index (χ4n) is 10.5. The number of fused-ring (bicyclic) bond motifs is 6. The first kappa shape index (κ1) is 40.1. The number of anilines is 3. The Morgan fingerprint density at radius 1 is 0.275 bits per heavy atom. The lowest BCUT2D eigenvalue weighted by Gasteiger charge is -2.27. The van der Waals surface area contributed by atoms with E-state index in [1.54, 1.807) is 0 Å². The fraction of sp³-hybridized carbons (Fsp3) is 0. The average molecular weight is 881 g/mol. The summed E-state index contributed by atoms with van der Waals surface area (Å²) in [7, 11) is 0. The van der Waals surface area contributed by atoms with E-state index >= 15 is 0 Å². The smallest absolute Gasteiger partial charge is 0.143 e. The van der Waals surface area contributed by atoms with Crippen LogP contribution in [0.4, 0.5) is 17.1 Å². The first-order chi connectivity index (χ1) is 34.2. The van der Waals surface area contributed by atoms with Crippen LogP contribution in [0.15, 0.2) is 271 Å². The molecule has 0 N–H and O–H groups in total. The highest BCUT2D eigenvalue weighted by atomic mass is 16.3. The minimum absolute atomic E-state index is 0.891. The van der Waals surface area contributed by atoms with Crippen molar-refractivity contribution in [1.29, 1.82) is 0 Å². The molecule has 0 spiro atoms. The molecular formula is C66H44N2O. The van der Waals surface area contributed by atoms with Crippen molar-refractivity contribution < 1.29 is 4.42 Å². The molecule has 0 radical (unpaired) electrons. The lowest BCUT2D eigenvalue weighted by molar-refractivity contribution is 0.670. The van der Waals surface area contributed by atoms with Gasteiger partial charge >= 0.3 is 0 Å². The van der Waals surface area contributed by atoms with E-state index in [0.29, 0.717) is 0 Å². The van der Waals surface area contributed by atoms with E-state index in [0.717, 1.165) is 61.4 Å². The van der Waals surface area contributed by atoms with Gasteiger partial charge in [-0.15, -0.1) is 0 Å². The Hall–Kier alpha value is -9.18. The van der Waals surface area contributed by atoms with Crippen molar-refractivity contribution in [1.82, 2.24) is 4.57 Å². The predicted octanol–water partition coefficient (Wildman–Crippen LogP) is 18.5. The summed E-state index contributed by atoms with van der Waals surface area (Å²) < 4.78 is 8.96. The second-order valence-electron chi connectivity index (χ2n) is 17.6. The molecule has 69 heavy (non-hydrogen) atoms. The van der Waals surface area contributed by atoms with Gasteiger partial charge < -0.3 is 13.9 Å². The molecule has 0 fully saturated rings. The molecule has 0 aliphatic heterocycles. The standard InChI is InChI=1S/C66H44N2O/c1-2-19-45(20-3-1)52-25-4-6-27-55(52)57-29-8-9-30-58(57)56-28-7-5-26-53(56)46-39-41-48(42-40-46)67(49-22-16-21-47(43-49)54-34-18-35-62-61-33-12-15-38-65(61)69-66(54)62)50-23-17-24-51(44-50)68-63-36-13-10-31-59(63)60-32-11-14-37-64(60)68/h1-44H. The van der Waals surface area contributed by atoms with Crippen LogP contribution in [0, 0.1) is 0 Å². The molecule has 13 aromatic rings. The van der Waals surface area contributed by atoms with Gasteiger partial charge in [-0.1, -0.05) is 206 Å². The minimum atomic E-state index is 0.891. The van der Waals surface area contributed by atoms with Crippen LogP contribution in [0.5, 0.6) is 0 Å². The van der Waals surface area contributed by atoms with Gasteiger partial charge in [-0.2, -0.15) is 0 Å². The maximum Gasteiger partial charge on any atom is 0.143 e. The maximum absolute atomic E-state index is 6.57. The van der Waals surface area contributed by atoms with Crippen molar-refractivity contribution >= 4 is 60.8 Å². The van der Waals surface area contributed by atoms with Gasteiger partial charge in [0.2, 0.25) is 0 Å². The lowest BCUT2D eigenvalue weighted by atomic mass is 9.87. The maximum atomic E-state index is 6.57. The van der Waals surface area contributed by atoms with Crippen molar-refractivity contribution in [2.75, 3.05) is 4.90 Å². The molecule has 0 unspecified atom stereocenters. The zero-order valence-electron chi connectivity index (χ0n) is 37.7. The van der Waals surface area contributed by atoms with Crippen LogP contribution in [0.3, 0.4) is 0 Å². The first-order valence-corrected chi connectivity index (χ1v) is 23.6. The number of para-hydroxylation sites is 4. The summed E-state index contributed by atoms with van der Waals surface area (Å²) in [5.41, 5.74) is 20.0. The quantitative estimate of drug-likeness (QED) is 0.144. The molecule has 0 atom stereocenters. The monoisotopic (exact) mass is 880 g/mol. The van der Waals surface area contributed by atoms with E-state index in [9.17, 15) is 0 Å². The normalized spacial score (nSPS) is 11.5. The Morgan fingerprint density at radius 3 is 1.38 bits per heavy atom. The van der Waals surface area contributed by atoms with Gasteiger partial charge in [0.25, 0.3) is 0 Å². The molecule has 2 aromatic heterocycles. The number of hydrogen-bond donors (Lipinski definition) is 0. The summed E-state index contributed by atoms with van der Waals surface area (Å²) in [5, 5.41) is 4.71. The van der Waals surface area contributed by atoms with Crippen LogP contribution in [-0.2, 0) is 0 Å². The summed E-state index contributed by atoms with van der Waals surface area (Å²) >= 11 is 0. The second-order valence-corrected chi connectivity index (χ2v) is 17.6. The summed E-state index contributed by atoms with van der Waals surface area (Å²) in [4.78, 5) is 2.38. The highest BCUT2D eigenvalue weighted by Crippen LogP contribution is 2.44. The molecule has 0 saturated heterocycles. The number of hydrogen-bond acceptors (Lipinski definition) is 2. The van der Waals surface area contributed by atoms with Crippen molar-refractivity contribution in [3.8, 4) is 61.3 Å². The molecule has 2 heterocycles. The van der Waals surface area contributed by atoms with Gasteiger partial charge in [-0.05, 0) is 111 Å². The first-order valence-electron chi connectivity index (χ1n) is 23.6. The Morgan fingerprint density at radius 2 is 0.725 bits per heavy atom. The number of aromatic nitrogens is 1. The Balaban J connectivity index is 0.950. The SMILES string of the molecule is c1ccc(-c2ccccc2-c2ccccc2-c2ccccc2-c2ccc(N(c3cccc(-c4cccc5c4oc4ccccc45)c3)c3cccc(-n4c5ccccc5c5ccccc54)c3)cc2)cc1. The summed E-state index contributed by atoms with van der Waals surface area (Å²) in [6, 6.07) is 96.1. The Bertz CT molecular complexity index is 3970. The summed E-state index contributed by atoms with van der Waals surface area (Å²) in [6.07, 6.45) is 0. The molecule has 0 aliphatic carbocycles. The summed E-state index contributed by atoms with van der Waals surface area (Å²) in [6.45, 7) is 0. The highest BCUT2D eigenvalue weighted by Gasteiger charge is 2.20. The largest absolute Gasteiger partial charge is 0.455 e. The van der Waals surface area contributed by atoms with Gasteiger partial charge in [0.1, 0.15) is 11.2 Å². The van der Waals surface area contributed by atoms with E-state index in [-0.39, 0.29) is 0 Å².